The van der Waals surface area contributed by atoms with Crippen molar-refractivity contribution in [3.63, 3.8) is 0 Å². The van der Waals surface area contributed by atoms with Gasteiger partial charge in [-0.25, -0.2) is 0 Å². The molecule has 1 aromatic carbocycles. The molecule has 4 heteroatoms. The number of likely N-dealkylation sites (N-methyl/N-ethyl adjacent to an activating group) is 1. The van der Waals surface area contributed by atoms with Gasteiger partial charge >= 0.3 is 0 Å². The first kappa shape index (κ1) is 14.9. The van der Waals surface area contributed by atoms with E-state index in [2.05, 4.69) is 5.32 Å². The molecule has 0 heterocycles. The minimum absolute atomic E-state index is 0.172. The largest absolute Gasteiger partial charge is 0.492 e. The van der Waals surface area contributed by atoms with Crippen LogP contribution in [0.15, 0.2) is 24.3 Å². The molecule has 0 spiro atoms. The van der Waals surface area contributed by atoms with Crippen LogP contribution in [0.4, 0.5) is 0 Å². The number of nitrogens with one attached hydrogen (secondary N) is 1. The van der Waals surface area contributed by atoms with Crippen LogP contribution in [0.5, 0.6) is 5.75 Å². The molecule has 1 aromatic rings. The fourth-order valence-electron chi connectivity index (χ4n) is 1.92. The van der Waals surface area contributed by atoms with Crippen LogP contribution in [0.3, 0.4) is 0 Å². The first-order valence-electron chi connectivity index (χ1n) is 7.32. The van der Waals surface area contributed by atoms with Crippen LogP contribution in [0.1, 0.15) is 24.8 Å². The summed E-state index contributed by atoms with van der Waals surface area (Å²) in [5.74, 6) is 1.03. The highest BCUT2D eigenvalue weighted by Crippen LogP contribution is 2.18. The van der Waals surface area contributed by atoms with Crippen molar-refractivity contribution in [2.75, 3.05) is 26.7 Å². The Bertz CT molecular complexity index is 427. The Morgan fingerprint density at radius 3 is 2.70 bits per heavy atom. The standard InChI is InChI=1S/C16H24N2O2/c1-13-3-7-15(8-4-13)20-12-11-18(2)16(19)9-10-17-14-5-6-14/h3-4,7-8,14,17H,5-6,9-12H2,1-2H3. The lowest BCUT2D eigenvalue weighted by Crippen LogP contribution is -2.33. The predicted octanol–water partition coefficient (Wildman–Crippen LogP) is 1.97. The summed E-state index contributed by atoms with van der Waals surface area (Å²) in [6.07, 6.45) is 3.08. The number of ether oxygens (including phenoxy) is 1. The normalized spacial score (nSPS) is 14.1. The summed E-state index contributed by atoms with van der Waals surface area (Å²) in [6, 6.07) is 8.62. The fraction of sp³-hybridized carbons (Fsp3) is 0.562. The molecular formula is C16H24N2O2. The van der Waals surface area contributed by atoms with Crippen molar-refractivity contribution >= 4 is 5.91 Å². The SMILES string of the molecule is Cc1ccc(OCCN(C)C(=O)CCNC2CC2)cc1. The Morgan fingerprint density at radius 2 is 2.05 bits per heavy atom. The summed E-state index contributed by atoms with van der Waals surface area (Å²) < 4.78 is 5.62. The third-order valence-electron chi connectivity index (χ3n) is 3.49. The van der Waals surface area contributed by atoms with Gasteiger partial charge < -0.3 is 15.0 Å². The monoisotopic (exact) mass is 276 g/mol. The average Bonchev–Trinajstić information content (AvgIpc) is 3.25. The van der Waals surface area contributed by atoms with Gasteiger partial charge in [0.1, 0.15) is 12.4 Å². The first-order chi connectivity index (χ1) is 9.65. The second-order valence-electron chi connectivity index (χ2n) is 5.46. The average molecular weight is 276 g/mol. The molecule has 0 unspecified atom stereocenters. The number of benzene rings is 1. The van der Waals surface area contributed by atoms with Crippen molar-refractivity contribution in [3.8, 4) is 5.75 Å². The summed E-state index contributed by atoms with van der Waals surface area (Å²) in [6.45, 7) is 3.98. The van der Waals surface area contributed by atoms with Crippen LogP contribution >= 0.6 is 0 Å². The summed E-state index contributed by atoms with van der Waals surface area (Å²) >= 11 is 0. The lowest BCUT2D eigenvalue weighted by molar-refractivity contribution is -0.130. The minimum atomic E-state index is 0.172. The number of hydrogen-bond donors (Lipinski definition) is 1. The third-order valence-corrected chi connectivity index (χ3v) is 3.49. The number of carbonyl (C=O) groups is 1. The second-order valence-corrected chi connectivity index (χ2v) is 5.46. The maximum Gasteiger partial charge on any atom is 0.223 e. The Hall–Kier alpha value is -1.55. The number of nitrogens with zero attached hydrogens (tertiary/aromatic N) is 1. The quantitative estimate of drug-likeness (QED) is 0.789. The summed E-state index contributed by atoms with van der Waals surface area (Å²) in [5, 5.41) is 3.35. The first-order valence-corrected chi connectivity index (χ1v) is 7.32. The molecule has 1 fully saturated rings. The van der Waals surface area contributed by atoms with E-state index in [1.54, 1.807) is 4.90 Å². The van der Waals surface area contributed by atoms with Crippen molar-refractivity contribution < 1.29 is 9.53 Å². The van der Waals surface area contributed by atoms with Gasteiger partial charge in [0.25, 0.3) is 0 Å². The van der Waals surface area contributed by atoms with Gasteiger partial charge in [0, 0.05) is 26.1 Å². The van der Waals surface area contributed by atoms with Crippen molar-refractivity contribution in [2.45, 2.75) is 32.2 Å². The van der Waals surface area contributed by atoms with Crippen LogP contribution in [0.25, 0.3) is 0 Å². The van der Waals surface area contributed by atoms with E-state index in [0.29, 0.717) is 25.6 Å². The maximum absolute atomic E-state index is 11.9. The molecule has 0 saturated heterocycles. The molecule has 1 aliphatic carbocycles. The third kappa shape index (κ3) is 5.21. The topological polar surface area (TPSA) is 41.6 Å². The van der Waals surface area contributed by atoms with Crippen molar-refractivity contribution in [2.24, 2.45) is 0 Å². The molecule has 110 valence electrons. The molecule has 1 amide bonds. The highest BCUT2D eigenvalue weighted by Gasteiger charge is 2.20. The Kier molecular flexibility index (Phi) is 5.41. The van der Waals surface area contributed by atoms with Crippen molar-refractivity contribution in [1.82, 2.24) is 10.2 Å². The molecule has 1 saturated carbocycles. The Morgan fingerprint density at radius 1 is 1.35 bits per heavy atom. The van der Waals surface area contributed by atoms with Gasteiger partial charge in [-0.15, -0.1) is 0 Å². The zero-order valence-electron chi connectivity index (χ0n) is 12.4. The van der Waals surface area contributed by atoms with Crippen molar-refractivity contribution in [1.29, 1.82) is 0 Å². The van der Waals surface area contributed by atoms with Crippen LogP contribution in [0.2, 0.25) is 0 Å². The van der Waals surface area contributed by atoms with Gasteiger partial charge in [0.05, 0.1) is 6.54 Å². The Balaban J connectivity index is 1.59. The van der Waals surface area contributed by atoms with E-state index >= 15 is 0 Å². The van der Waals surface area contributed by atoms with E-state index in [0.717, 1.165) is 12.3 Å². The summed E-state index contributed by atoms with van der Waals surface area (Å²) in [4.78, 5) is 13.6. The van der Waals surface area contributed by atoms with Gasteiger partial charge in [-0.2, -0.15) is 0 Å². The van der Waals surface area contributed by atoms with Gasteiger partial charge in [-0.05, 0) is 31.9 Å². The minimum Gasteiger partial charge on any atom is -0.492 e. The smallest absolute Gasteiger partial charge is 0.223 e. The van der Waals surface area contributed by atoms with E-state index in [4.69, 9.17) is 4.74 Å². The molecule has 0 aliphatic heterocycles. The maximum atomic E-state index is 11.9. The van der Waals surface area contributed by atoms with E-state index in [-0.39, 0.29) is 5.91 Å². The van der Waals surface area contributed by atoms with Gasteiger partial charge in [0.2, 0.25) is 5.91 Å². The molecule has 4 nitrogen and oxygen atoms in total. The number of carbonyl (C=O) groups excluding carboxylic acids is 1. The van der Waals surface area contributed by atoms with Crippen molar-refractivity contribution in [3.05, 3.63) is 29.8 Å². The van der Waals surface area contributed by atoms with Gasteiger partial charge in [-0.1, -0.05) is 17.7 Å². The van der Waals surface area contributed by atoms with E-state index in [1.807, 2.05) is 38.2 Å². The lowest BCUT2D eigenvalue weighted by Gasteiger charge is -2.17. The molecule has 1 aliphatic rings. The molecule has 0 radical (unpaired) electrons. The highest BCUT2D eigenvalue weighted by atomic mass is 16.5. The molecule has 0 atom stereocenters. The summed E-state index contributed by atoms with van der Waals surface area (Å²) in [5.41, 5.74) is 1.22. The van der Waals surface area contributed by atoms with E-state index < -0.39 is 0 Å². The lowest BCUT2D eigenvalue weighted by atomic mass is 10.2. The molecule has 20 heavy (non-hydrogen) atoms. The highest BCUT2D eigenvalue weighted by molar-refractivity contribution is 5.76. The van der Waals surface area contributed by atoms with Gasteiger partial charge in [-0.3, -0.25) is 4.79 Å². The van der Waals surface area contributed by atoms with Crippen LogP contribution in [-0.2, 0) is 4.79 Å². The van der Waals surface area contributed by atoms with Crippen LogP contribution < -0.4 is 10.1 Å². The number of amides is 1. The second kappa shape index (κ2) is 7.29. The zero-order chi connectivity index (χ0) is 14.4. The zero-order valence-corrected chi connectivity index (χ0v) is 12.4. The number of rotatable bonds is 8. The summed E-state index contributed by atoms with van der Waals surface area (Å²) in [7, 11) is 1.83. The van der Waals surface area contributed by atoms with Crippen LogP contribution in [0, 0.1) is 6.92 Å². The predicted molar refractivity (Wildman–Crippen MR) is 80.0 cm³/mol. The fourth-order valence-corrected chi connectivity index (χ4v) is 1.92. The molecule has 2 rings (SSSR count). The Labute approximate surface area is 121 Å². The van der Waals surface area contributed by atoms with E-state index in [1.165, 1.54) is 18.4 Å². The molecule has 0 aromatic heterocycles. The number of hydrogen-bond acceptors (Lipinski definition) is 3. The number of aryl methyl sites for hydroxylation is 1. The van der Waals surface area contributed by atoms with Crippen LogP contribution in [-0.4, -0.2) is 43.6 Å². The molecule has 0 bridgehead atoms. The molecule has 1 N–H and O–H groups in total. The molecular weight excluding hydrogens is 252 g/mol. The van der Waals surface area contributed by atoms with Gasteiger partial charge in [0.15, 0.2) is 0 Å². The van der Waals surface area contributed by atoms with E-state index in [9.17, 15) is 4.79 Å².